The van der Waals surface area contributed by atoms with E-state index in [1.54, 1.807) is 0 Å². The van der Waals surface area contributed by atoms with Crippen LogP contribution in [0.1, 0.15) is 12.8 Å². The molecule has 136 valence electrons. The molecule has 13 heteroatoms. The molecule has 3 unspecified atom stereocenters. The molecule has 7 N–H and O–H groups in total. The fourth-order valence-corrected chi connectivity index (χ4v) is 0.974. The third-order valence-electron chi connectivity index (χ3n) is 2.04. The van der Waals surface area contributed by atoms with Crippen LogP contribution in [0.5, 0.6) is 0 Å². The first-order valence-corrected chi connectivity index (χ1v) is 5.80. The van der Waals surface area contributed by atoms with Crippen molar-refractivity contribution in [1.82, 2.24) is 0 Å². The standard InChI is InChI=1S/C6H8O8.C5H6O5/c7-1(3(9)5(11)12)2(8)4(10)6(13)14;6-3(1-4(7)8)2-5(9)10/h1,3-4,7,9-10H,(H,11,12)(H,13,14);1-2H2,(H,7,8)(H,9,10). The summed E-state index contributed by atoms with van der Waals surface area (Å²) in [5.74, 6) is -8.92. The molecule has 0 amide bonds. The number of hydrogen-bond acceptors (Lipinski definition) is 9. The number of carboxylic acids is 4. The quantitative estimate of drug-likeness (QED) is 0.197. The largest absolute Gasteiger partial charge is 0.481 e. The van der Waals surface area contributed by atoms with E-state index in [-0.39, 0.29) is 0 Å². The molecule has 0 aliphatic carbocycles. The number of Topliss-reactive ketones (excluding diaryl/α,β-unsaturated/α-hetero) is 2. The summed E-state index contributed by atoms with van der Waals surface area (Å²) in [4.78, 5) is 60.7. The van der Waals surface area contributed by atoms with Gasteiger partial charge in [0.25, 0.3) is 0 Å². The van der Waals surface area contributed by atoms with E-state index in [0.29, 0.717) is 0 Å². The lowest BCUT2D eigenvalue weighted by Crippen LogP contribution is -2.46. The zero-order chi connectivity index (χ0) is 19.6. The molecule has 0 bridgehead atoms. The van der Waals surface area contributed by atoms with E-state index in [1.807, 2.05) is 0 Å². The maximum atomic E-state index is 10.7. The summed E-state index contributed by atoms with van der Waals surface area (Å²) in [5, 5.41) is 58.2. The second kappa shape index (κ2) is 10.8. The van der Waals surface area contributed by atoms with Crippen molar-refractivity contribution in [3.63, 3.8) is 0 Å². The Kier molecular flexibility index (Phi) is 10.5. The number of carbonyl (C=O) groups is 6. The topological polar surface area (TPSA) is 244 Å². The molecule has 0 aromatic carbocycles. The number of aliphatic hydroxyl groups excluding tert-OH is 3. The van der Waals surface area contributed by atoms with Gasteiger partial charge in [-0.15, -0.1) is 0 Å². The number of aliphatic carboxylic acids is 4. The highest BCUT2D eigenvalue weighted by molar-refractivity contribution is 6.04. The fraction of sp³-hybridized carbons (Fsp3) is 0.455. The zero-order valence-electron chi connectivity index (χ0n) is 11.7. The number of carboxylic acid groups (broad SMARTS) is 4. The molecule has 0 saturated heterocycles. The van der Waals surface area contributed by atoms with E-state index in [2.05, 4.69) is 0 Å². The van der Waals surface area contributed by atoms with Crippen LogP contribution >= 0.6 is 0 Å². The first-order valence-electron chi connectivity index (χ1n) is 5.80. The Morgan fingerprint density at radius 1 is 0.625 bits per heavy atom. The van der Waals surface area contributed by atoms with Crippen LogP contribution in [0.4, 0.5) is 0 Å². The van der Waals surface area contributed by atoms with Gasteiger partial charge in [-0.05, 0) is 0 Å². The molecule has 0 rings (SSSR count). The molecule has 0 aliphatic heterocycles. The van der Waals surface area contributed by atoms with Gasteiger partial charge in [-0.2, -0.15) is 0 Å². The lowest BCUT2D eigenvalue weighted by atomic mass is 10.1. The van der Waals surface area contributed by atoms with E-state index in [9.17, 15) is 28.8 Å². The minimum atomic E-state index is -2.56. The van der Waals surface area contributed by atoms with Gasteiger partial charge in [0.05, 0.1) is 0 Å². The SMILES string of the molecule is O=C(O)C(O)C(=O)C(O)C(O)C(=O)O.O=C(O)CC(=O)CC(=O)O. The summed E-state index contributed by atoms with van der Waals surface area (Å²) >= 11 is 0. The summed E-state index contributed by atoms with van der Waals surface area (Å²) in [6.07, 6.45) is -8.92. The second-order valence-corrected chi connectivity index (χ2v) is 4.05. The van der Waals surface area contributed by atoms with Crippen molar-refractivity contribution >= 4 is 35.4 Å². The van der Waals surface area contributed by atoms with Crippen molar-refractivity contribution in [2.24, 2.45) is 0 Å². The van der Waals surface area contributed by atoms with Crippen LogP contribution in [0.3, 0.4) is 0 Å². The number of carbonyl (C=O) groups excluding carboxylic acids is 2. The number of rotatable bonds is 9. The molecule has 24 heavy (non-hydrogen) atoms. The summed E-state index contributed by atoms with van der Waals surface area (Å²) in [6.45, 7) is 0. The molecule has 0 aromatic rings. The Bertz CT molecular complexity index is 504. The second-order valence-electron chi connectivity index (χ2n) is 4.05. The van der Waals surface area contributed by atoms with Crippen molar-refractivity contribution in [1.29, 1.82) is 0 Å². The molecule has 13 nitrogen and oxygen atoms in total. The predicted octanol–water partition coefficient (Wildman–Crippen LogP) is -3.69. The highest BCUT2D eigenvalue weighted by Gasteiger charge is 2.36. The smallest absolute Gasteiger partial charge is 0.340 e. The minimum absolute atomic E-state index is 0.716. The van der Waals surface area contributed by atoms with Gasteiger partial charge in [-0.3, -0.25) is 19.2 Å². The summed E-state index contributed by atoms with van der Waals surface area (Å²) in [7, 11) is 0. The van der Waals surface area contributed by atoms with Crippen molar-refractivity contribution in [2.45, 2.75) is 31.2 Å². The van der Waals surface area contributed by atoms with E-state index in [1.165, 1.54) is 0 Å². The summed E-state index contributed by atoms with van der Waals surface area (Å²) in [5.41, 5.74) is 0. The number of ketones is 2. The van der Waals surface area contributed by atoms with Gasteiger partial charge >= 0.3 is 23.9 Å². The average Bonchev–Trinajstić information content (AvgIpc) is 2.42. The number of aliphatic hydroxyl groups is 3. The van der Waals surface area contributed by atoms with Gasteiger partial charge in [0.2, 0.25) is 11.9 Å². The predicted molar refractivity (Wildman–Crippen MR) is 67.8 cm³/mol. The Labute approximate surface area is 132 Å². The van der Waals surface area contributed by atoms with Crippen LogP contribution in [0.15, 0.2) is 0 Å². The lowest BCUT2D eigenvalue weighted by molar-refractivity contribution is -0.165. The Balaban J connectivity index is 0. The van der Waals surface area contributed by atoms with Crippen LogP contribution in [0, 0.1) is 0 Å². The van der Waals surface area contributed by atoms with E-state index < -0.39 is 66.6 Å². The third kappa shape index (κ3) is 9.93. The normalized spacial score (nSPS) is 13.5. The van der Waals surface area contributed by atoms with E-state index in [0.717, 1.165) is 0 Å². The minimum Gasteiger partial charge on any atom is -0.481 e. The molecular formula is C11H14O13. The van der Waals surface area contributed by atoms with Crippen LogP contribution in [-0.4, -0.2) is 89.5 Å². The zero-order valence-corrected chi connectivity index (χ0v) is 11.7. The van der Waals surface area contributed by atoms with Gasteiger partial charge in [0, 0.05) is 0 Å². The Morgan fingerprint density at radius 2 is 1.00 bits per heavy atom. The van der Waals surface area contributed by atoms with E-state index >= 15 is 0 Å². The van der Waals surface area contributed by atoms with Crippen molar-refractivity contribution in [2.75, 3.05) is 0 Å². The van der Waals surface area contributed by atoms with E-state index in [4.69, 9.17) is 35.7 Å². The van der Waals surface area contributed by atoms with Crippen molar-refractivity contribution < 1.29 is 64.5 Å². The lowest BCUT2D eigenvalue weighted by Gasteiger charge is -2.13. The van der Waals surface area contributed by atoms with Gasteiger partial charge < -0.3 is 35.7 Å². The van der Waals surface area contributed by atoms with Crippen LogP contribution < -0.4 is 0 Å². The molecule has 0 aromatic heterocycles. The highest BCUT2D eigenvalue weighted by atomic mass is 16.4. The Hall–Kier alpha value is -2.90. The molecule has 0 spiro atoms. The average molecular weight is 354 g/mol. The van der Waals surface area contributed by atoms with Gasteiger partial charge in [-0.1, -0.05) is 0 Å². The monoisotopic (exact) mass is 354 g/mol. The molecular weight excluding hydrogens is 340 g/mol. The first kappa shape index (κ1) is 23.4. The maximum Gasteiger partial charge on any atom is 0.340 e. The number of hydrogen-bond donors (Lipinski definition) is 7. The third-order valence-corrected chi connectivity index (χ3v) is 2.04. The molecule has 0 radical (unpaired) electrons. The van der Waals surface area contributed by atoms with Crippen LogP contribution in [0.2, 0.25) is 0 Å². The summed E-state index contributed by atoms with van der Waals surface area (Å²) < 4.78 is 0. The van der Waals surface area contributed by atoms with Crippen LogP contribution in [0.25, 0.3) is 0 Å². The molecule has 0 saturated carbocycles. The van der Waals surface area contributed by atoms with Crippen molar-refractivity contribution in [3.8, 4) is 0 Å². The maximum absolute atomic E-state index is 10.7. The highest BCUT2D eigenvalue weighted by Crippen LogP contribution is 2.00. The summed E-state index contributed by atoms with van der Waals surface area (Å²) in [6, 6.07) is 0. The molecule has 0 heterocycles. The molecule has 0 aliphatic rings. The van der Waals surface area contributed by atoms with Gasteiger partial charge in [-0.25, -0.2) is 9.59 Å². The van der Waals surface area contributed by atoms with Crippen molar-refractivity contribution in [3.05, 3.63) is 0 Å². The molecule has 3 atom stereocenters. The molecule has 0 fully saturated rings. The first-order chi connectivity index (χ1) is 10.8. The van der Waals surface area contributed by atoms with Gasteiger partial charge in [0.15, 0.2) is 18.0 Å². The van der Waals surface area contributed by atoms with Crippen LogP contribution in [-0.2, 0) is 28.8 Å². The fourth-order valence-electron chi connectivity index (χ4n) is 0.974. The Morgan fingerprint density at radius 3 is 1.25 bits per heavy atom. The van der Waals surface area contributed by atoms with Gasteiger partial charge in [0.1, 0.15) is 12.8 Å².